The van der Waals surface area contributed by atoms with Gasteiger partial charge in [-0.1, -0.05) is 6.07 Å². The lowest BCUT2D eigenvalue weighted by Gasteiger charge is -2.16. The molecule has 1 fully saturated rings. The molecule has 3 aromatic carbocycles. The number of fused-ring (bicyclic) bond motifs is 1. The highest BCUT2D eigenvalue weighted by atomic mass is 19.1. The van der Waals surface area contributed by atoms with Crippen LogP contribution in [0.25, 0.3) is 11.0 Å². The maximum absolute atomic E-state index is 14.4. The van der Waals surface area contributed by atoms with Gasteiger partial charge in [-0.3, -0.25) is 9.78 Å². The van der Waals surface area contributed by atoms with E-state index in [9.17, 15) is 13.6 Å². The number of carbonyl (C=O) groups excluding carboxylic acids is 1. The van der Waals surface area contributed by atoms with Crippen LogP contribution >= 0.6 is 0 Å². The van der Waals surface area contributed by atoms with Crippen molar-refractivity contribution < 1.29 is 18.3 Å². The van der Waals surface area contributed by atoms with Crippen LogP contribution in [0.5, 0.6) is 11.5 Å². The number of hydrogen-bond acceptors (Lipinski definition) is 5. The fourth-order valence-electron chi connectivity index (χ4n) is 3.76. The normalized spacial score (nSPS) is 13.3. The summed E-state index contributed by atoms with van der Waals surface area (Å²) in [5.74, 6) is -0.473. The Bertz CT molecular complexity index is 1340. The molecule has 1 aromatic heterocycles. The maximum atomic E-state index is 14.4. The molecule has 1 saturated heterocycles. The van der Waals surface area contributed by atoms with Gasteiger partial charge < -0.3 is 15.0 Å². The van der Waals surface area contributed by atoms with Crippen molar-refractivity contribution in [1.29, 1.82) is 0 Å². The van der Waals surface area contributed by atoms with E-state index in [-0.39, 0.29) is 11.3 Å². The Morgan fingerprint density at radius 2 is 1.82 bits per heavy atom. The van der Waals surface area contributed by atoms with Crippen molar-refractivity contribution in [2.24, 2.45) is 0 Å². The zero-order chi connectivity index (χ0) is 22.8. The number of nitrogens with zero attached hydrogens (tertiary/aromatic N) is 3. The number of aromatic nitrogens is 2. The first-order valence-electron chi connectivity index (χ1n) is 10.6. The number of nitrogens with one attached hydrogen (secondary N) is 1. The molecule has 166 valence electrons. The summed E-state index contributed by atoms with van der Waals surface area (Å²) in [6.45, 7) is 1.91. The molecule has 6 nitrogen and oxygen atoms in total. The zero-order valence-corrected chi connectivity index (χ0v) is 17.6. The van der Waals surface area contributed by atoms with Crippen LogP contribution in [0, 0.1) is 11.6 Å². The van der Waals surface area contributed by atoms with Crippen molar-refractivity contribution in [3.8, 4) is 11.5 Å². The maximum Gasteiger partial charge on any atom is 0.255 e. The number of halogens is 2. The van der Waals surface area contributed by atoms with Gasteiger partial charge in [0.1, 0.15) is 17.4 Å². The van der Waals surface area contributed by atoms with Gasteiger partial charge >= 0.3 is 0 Å². The second-order valence-electron chi connectivity index (χ2n) is 7.78. The average molecular weight is 446 g/mol. The first kappa shape index (κ1) is 20.8. The van der Waals surface area contributed by atoms with Crippen molar-refractivity contribution in [2.45, 2.75) is 12.8 Å². The Morgan fingerprint density at radius 3 is 2.64 bits per heavy atom. The van der Waals surface area contributed by atoms with Gasteiger partial charge in [-0.15, -0.1) is 0 Å². The Hall–Kier alpha value is -4.07. The van der Waals surface area contributed by atoms with Crippen LogP contribution in [0.1, 0.15) is 23.2 Å². The molecule has 5 rings (SSSR count). The monoisotopic (exact) mass is 446 g/mol. The van der Waals surface area contributed by atoms with Gasteiger partial charge in [-0.2, -0.15) is 0 Å². The summed E-state index contributed by atoms with van der Waals surface area (Å²) >= 11 is 0. The number of rotatable bonds is 5. The van der Waals surface area contributed by atoms with E-state index in [2.05, 4.69) is 20.2 Å². The van der Waals surface area contributed by atoms with Crippen molar-refractivity contribution in [3.05, 3.63) is 84.1 Å². The minimum Gasteiger partial charge on any atom is -0.454 e. The number of ether oxygens (including phenoxy) is 1. The highest BCUT2D eigenvalue weighted by Crippen LogP contribution is 2.30. The molecule has 0 saturated carbocycles. The SMILES string of the molecule is O=C(Nc1ccc(F)c(Oc2ccc3ncc(N4CCCC4)nc3c2)c1)c1cccc(F)c1. The lowest BCUT2D eigenvalue weighted by Crippen LogP contribution is -2.19. The molecule has 0 bridgehead atoms. The van der Waals surface area contributed by atoms with Gasteiger partial charge in [-0.25, -0.2) is 13.8 Å². The number of carbonyl (C=O) groups is 1. The highest BCUT2D eigenvalue weighted by Gasteiger charge is 2.15. The first-order chi connectivity index (χ1) is 16.0. The second-order valence-corrected chi connectivity index (χ2v) is 7.78. The molecule has 1 N–H and O–H groups in total. The third-order valence-electron chi connectivity index (χ3n) is 5.43. The molecule has 0 radical (unpaired) electrons. The number of benzene rings is 3. The summed E-state index contributed by atoms with van der Waals surface area (Å²) in [6.07, 6.45) is 4.03. The predicted molar refractivity (Wildman–Crippen MR) is 122 cm³/mol. The molecule has 1 aliphatic heterocycles. The van der Waals surface area contributed by atoms with E-state index in [0.717, 1.165) is 37.8 Å². The number of anilines is 2. The molecule has 4 aromatic rings. The molecular weight excluding hydrogens is 426 g/mol. The van der Waals surface area contributed by atoms with E-state index in [0.29, 0.717) is 22.5 Å². The molecule has 0 unspecified atom stereocenters. The topological polar surface area (TPSA) is 67.3 Å². The summed E-state index contributed by atoms with van der Waals surface area (Å²) < 4.78 is 33.6. The van der Waals surface area contributed by atoms with Crippen LogP contribution in [0.4, 0.5) is 20.3 Å². The average Bonchev–Trinajstić information content (AvgIpc) is 3.36. The van der Waals surface area contributed by atoms with Crippen molar-refractivity contribution in [2.75, 3.05) is 23.3 Å². The summed E-state index contributed by atoms with van der Waals surface area (Å²) in [5.41, 5.74) is 1.83. The Labute approximate surface area is 188 Å². The Morgan fingerprint density at radius 1 is 0.970 bits per heavy atom. The summed E-state index contributed by atoms with van der Waals surface area (Å²) in [4.78, 5) is 23.7. The van der Waals surface area contributed by atoms with Crippen LogP contribution in [0.15, 0.2) is 66.9 Å². The van der Waals surface area contributed by atoms with Crippen molar-refractivity contribution in [1.82, 2.24) is 9.97 Å². The van der Waals surface area contributed by atoms with E-state index < -0.39 is 17.5 Å². The van der Waals surface area contributed by atoms with Gasteiger partial charge in [0.05, 0.1) is 17.2 Å². The standard InChI is InChI=1S/C25H20F2N4O2/c26-17-5-3-4-16(12-17)25(32)29-18-6-8-20(27)23(13-18)33-19-7-9-21-22(14-19)30-24(15-28-21)31-10-1-2-11-31/h3-9,12-15H,1-2,10-11H2,(H,29,32). The number of amides is 1. The van der Waals surface area contributed by atoms with Gasteiger partial charge in [0, 0.05) is 36.5 Å². The minimum absolute atomic E-state index is 0.0601. The second kappa shape index (κ2) is 8.82. The van der Waals surface area contributed by atoms with E-state index in [1.54, 1.807) is 24.4 Å². The molecule has 0 aliphatic carbocycles. The summed E-state index contributed by atoms with van der Waals surface area (Å²) in [5, 5.41) is 2.63. The Kier molecular flexibility index (Phi) is 5.56. The first-order valence-corrected chi connectivity index (χ1v) is 10.6. The minimum atomic E-state index is -0.587. The molecule has 1 aliphatic rings. The largest absolute Gasteiger partial charge is 0.454 e. The van der Waals surface area contributed by atoms with E-state index >= 15 is 0 Å². The van der Waals surface area contributed by atoms with Crippen LogP contribution in [0.2, 0.25) is 0 Å². The predicted octanol–water partition coefficient (Wildman–Crippen LogP) is 5.55. The summed E-state index contributed by atoms with van der Waals surface area (Å²) in [6, 6.07) is 14.5. The summed E-state index contributed by atoms with van der Waals surface area (Å²) in [7, 11) is 0. The molecule has 0 spiro atoms. The molecule has 33 heavy (non-hydrogen) atoms. The molecule has 0 atom stereocenters. The van der Waals surface area contributed by atoms with Gasteiger partial charge in [-0.05, 0) is 55.3 Å². The lowest BCUT2D eigenvalue weighted by molar-refractivity contribution is 0.102. The quantitative estimate of drug-likeness (QED) is 0.435. The number of hydrogen-bond donors (Lipinski definition) is 1. The van der Waals surface area contributed by atoms with Gasteiger partial charge in [0.15, 0.2) is 11.6 Å². The van der Waals surface area contributed by atoms with Crippen molar-refractivity contribution in [3.63, 3.8) is 0 Å². The Balaban J connectivity index is 1.37. The highest BCUT2D eigenvalue weighted by molar-refractivity contribution is 6.04. The lowest BCUT2D eigenvalue weighted by atomic mass is 10.2. The molecule has 8 heteroatoms. The smallest absolute Gasteiger partial charge is 0.255 e. The van der Waals surface area contributed by atoms with E-state index in [1.807, 2.05) is 0 Å². The van der Waals surface area contributed by atoms with Gasteiger partial charge in [0.2, 0.25) is 0 Å². The van der Waals surface area contributed by atoms with E-state index in [1.165, 1.54) is 36.4 Å². The molecule has 1 amide bonds. The zero-order valence-electron chi connectivity index (χ0n) is 17.6. The van der Waals surface area contributed by atoms with Crippen LogP contribution in [-0.4, -0.2) is 29.0 Å². The fourth-order valence-corrected chi connectivity index (χ4v) is 3.76. The van der Waals surface area contributed by atoms with E-state index in [4.69, 9.17) is 4.74 Å². The third-order valence-corrected chi connectivity index (χ3v) is 5.43. The van der Waals surface area contributed by atoms with Crippen molar-refractivity contribution >= 4 is 28.4 Å². The molecule has 2 heterocycles. The van der Waals surface area contributed by atoms with Gasteiger partial charge in [0.25, 0.3) is 5.91 Å². The fraction of sp³-hybridized carbons (Fsp3) is 0.160. The molecular formula is C25H20F2N4O2. The van der Waals surface area contributed by atoms with Crippen LogP contribution in [0.3, 0.4) is 0 Å². The van der Waals surface area contributed by atoms with Crippen LogP contribution in [-0.2, 0) is 0 Å². The third kappa shape index (κ3) is 4.59. The van der Waals surface area contributed by atoms with Crippen LogP contribution < -0.4 is 15.0 Å².